The van der Waals surface area contributed by atoms with E-state index in [1.807, 2.05) is 25.1 Å². The minimum Gasteiger partial charge on any atom is -0.336 e. The summed E-state index contributed by atoms with van der Waals surface area (Å²) in [6.07, 6.45) is 0.874. The highest BCUT2D eigenvalue weighted by atomic mass is 16.3. The first-order valence-corrected chi connectivity index (χ1v) is 5.22. The molecule has 0 atom stereocenters. The smallest absolute Gasteiger partial charge is 0.253 e. The van der Waals surface area contributed by atoms with E-state index < -0.39 is 0 Å². The Morgan fingerprint density at radius 2 is 1.87 bits per heavy atom. The summed E-state index contributed by atoms with van der Waals surface area (Å²) >= 11 is 0. The SMILES string of the molecule is CCCN(CC[O])C(=O)c1ccccc1. The maximum Gasteiger partial charge on any atom is 0.253 e. The second-order valence-electron chi connectivity index (χ2n) is 3.36. The lowest BCUT2D eigenvalue weighted by molar-refractivity contribution is 0.0683. The van der Waals surface area contributed by atoms with E-state index in [1.54, 1.807) is 17.0 Å². The minimum atomic E-state index is -0.238. The lowest BCUT2D eigenvalue weighted by Crippen LogP contribution is -2.33. The van der Waals surface area contributed by atoms with E-state index in [4.69, 9.17) is 0 Å². The molecule has 0 saturated carbocycles. The van der Waals surface area contributed by atoms with Gasteiger partial charge in [0, 0.05) is 18.7 Å². The van der Waals surface area contributed by atoms with Crippen LogP contribution in [-0.2, 0) is 5.11 Å². The Kier molecular flexibility index (Phi) is 4.84. The molecule has 0 bridgehead atoms. The van der Waals surface area contributed by atoms with Crippen LogP contribution >= 0.6 is 0 Å². The Morgan fingerprint density at radius 1 is 1.20 bits per heavy atom. The van der Waals surface area contributed by atoms with Gasteiger partial charge < -0.3 is 4.90 Å². The quantitative estimate of drug-likeness (QED) is 0.726. The molecule has 0 aliphatic carbocycles. The van der Waals surface area contributed by atoms with Crippen molar-refractivity contribution in [1.29, 1.82) is 0 Å². The van der Waals surface area contributed by atoms with Crippen molar-refractivity contribution in [2.24, 2.45) is 0 Å². The Balaban J connectivity index is 2.71. The van der Waals surface area contributed by atoms with E-state index in [9.17, 15) is 9.90 Å². The predicted molar refractivity (Wildman–Crippen MR) is 58.2 cm³/mol. The van der Waals surface area contributed by atoms with E-state index in [0.717, 1.165) is 6.42 Å². The second-order valence-corrected chi connectivity index (χ2v) is 3.36. The zero-order chi connectivity index (χ0) is 11.1. The second kappa shape index (κ2) is 6.19. The van der Waals surface area contributed by atoms with E-state index in [-0.39, 0.29) is 12.5 Å². The summed E-state index contributed by atoms with van der Waals surface area (Å²) < 4.78 is 0. The summed E-state index contributed by atoms with van der Waals surface area (Å²) in [6.45, 7) is 2.70. The van der Waals surface area contributed by atoms with Crippen LogP contribution in [0, 0.1) is 0 Å². The van der Waals surface area contributed by atoms with Crippen molar-refractivity contribution in [3.05, 3.63) is 35.9 Å². The summed E-state index contributed by atoms with van der Waals surface area (Å²) in [7, 11) is 0. The van der Waals surface area contributed by atoms with Crippen molar-refractivity contribution in [3.8, 4) is 0 Å². The first kappa shape index (κ1) is 11.7. The zero-order valence-corrected chi connectivity index (χ0v) is 8.98. The molecule has 0 fully saturated rings. The van der Waals surface area contributed by atoms with E-state index in [0.29, 0.717) is 18.7 Å². The molecule has 1 aromatic rings. The number of benzene rings is 1. The van der Waals surface area contributed by atoms with Gasteiger partial charge in [0.2, 0.25) is 0 Å². The number of carbonyl (C=O) groups is 1. The summed E-state index contributed by atoms with van der Waals surface area (Å²) in [4.78, 5) is 13.5. The van der Waals surface area contributed by atoms with Gasteiger partial charge in [-0.25, -0.2) is 5.11 Å². The van der Waals surface area contributed by atoms with E-state index in [1.165, 1.54) is 0 Å². The molecule has 1 radical (unpaired) electrons. The van der Waals surface area contributed by atoms with Gasteiger partial charge >= 0.3 is 0 Å². The molecule has 1 amide bonds. The van der Waals surface area contributed by atoms with Crippen LogP contribution in [0.2, 0.25) is 0 Å². The zero-order valence-electron chi connectivity index (χ0n) is 8.98. The molecule has 0 aromatic heterocycles. The lowest BCUT2D eigenvalue weighted by atomic mass is 10.2. The number of nitrogens with zero attached hydrogens (tertiary/aromatic N) is 1. The van der Waals surface area contributed by atoms with Gasteiger partial charge in [0.1, 0.15) is 0 Å². The highest BCUT2D eigenvalue weighted by molar-refractivity contribution is 5.94. The molecule has 0 unspecified atom stereocenters. The maximum absolute atomic E-state index is 11.9. The van der Waals surface area contributed by atoms with Crippen molar-refractivity contribution >= 4 is 5.91 Å². The molecular weight excluding hydrogens is 190 g/mol. The fourth-order valence-corrected chi connectivity index (χ4v) is 1.46. The van der Waals surface area contributed by atoms with Crippen LogP contribution in [0.25, 0.3) is 0 Å². The highest BCUT2D eigenvalue weighted by Crippen LogP contribution is 2.04. The first-order valence-electron chi connectivity index (χ1n) is 5.22. The molecule has 15 heavy (non-hydrogen) atoms. The standard InChI is InChI=1S/C12H16NO2/c1-2-8-13(9-10-14)12(15)11-6-4-3-5-7-11/h3-7H,2,8-10H2,1H3. The maximum atomic E-state index is 11.9. The van der Waals surface area contributed by atoms with Crippen LogP contribution in [0.4, 0.5) is 0 Å². The van der Waals surface area contributed by atoms with Crippen LogP contribution in [0.3, 0.4) is 0 Å². The van der Waals surface area contributed by atoms with Crippen molar-refractivity contribution in [2.45, 2.75) is 13.3 Å². The van der Waals surface area contributed by atoms with E-state index in [2.05, 4.69) is 0 Å². The molecule has 0 saturated heterocycles. The largest absolute Gasteiger partial charge is 0.336 e. The number of amides is 1. The number of rotatable bonds is 5. The molecule has 0 N–H and O–H groups in total. The summed E-state index contributed by atoms with van der Waals surface area (Å²) in [5.74, 6) is -0.0479. The number of carbonyl (C=O) groups excluding carboxylic acids is 1. The summed E-state index contributed by atoms with van der Waals surface area (Å²) in [6, 6.07) is 9.07. The van der Waals surface area contributed by atoms with E-state index >= 15 is 0 Å². The van der Waals surface area contributed by atoms with Gasteiger partial charge in [-0.1, -0.05) is 25.1 Å². The number of hydrogen-bond acceptors (Lipinski definition) is 1. The first-order chi connectivity index (χ1) is 7.29. The summed E-state index contributed by atoms with van der Waals surface area (Å²) in [5, 5.41) is 10.6. The molecule has 1 rings (SSSR count). The fourth-order valence-electron chi connectivity index (χ4n) is 1.46. The van der Waals surface area contributed by atoms with Gasteiger partial charge in [0.15, 0.2) is 0 Å². The van der Waals surface area contributed by atoms with Crippen molar-refractivity contribution in [2.75, 3.05) is 19.7 Å². The van der Waals surface area contributed by atoms with Crippen molar-refractivity contribution < 1.29 is 9.90 Å². The molecule has 0 aliphatic heterocycles. The molecule has 0 aliphatic rings. The van der Waals surface area contributed by atoms with Gasteiger partial charge in [0.05, 0.1) is 6.61 Å². The molecular formula is C12H16NO2. The van der Waals surface area contributed by atoms with Crippen LogP contribution in [0.15, 0.2) is 30.3 Å². The van der Waals surface area contributed by atoms with Gasteiger partial charge in [-0.2, -0.15) is 0 Å². The predicted octanol–water partition coefficient (Wildman–Crippen LogP) is 1.97. The normalized spacial score (nSPS) is 10.0. The fraction of sp³-hybridized carbons (Fsp3) is 0.417. The minimum absolute atomic E-state index is 0.0479. The average molecular weight is 206 g/mol. The van der Waals surface area contributed by atoms with Crippen LogP contribution in [-0.4, -0.2) is 30.5 Å². The third kappa shape index (κ3) is 3.36. The average Bonchev–Trinajstić information content (AvgIpc) is 2.29. The number of hydrogen-bond donors (Lipinski definition) is 0. The molecule has 0 spiro atoms. The molecule has 3 heteroatoms. The third-order valence-corrected chi connectivity index (χ3v) is 2.16. The topological polar surface area (TPSA) is 40.2 Å². The Hall–Kier alpha value is -1.35. The Bertz CT molecular complexity index is 292. The Labute approximate surface area is 90.3 Å². The van der Waals surface area contributed by atoms with Gasteiger partial charge in [-0.05, 0) is 18.6 Å². The van der Waals surface area contributed by atoms with Crippen molar-refractivity contribution in [1.82, 2.24) is 4.90 Å². The van der Waals surface area contributed by atoms with Crippen LogP contribution in [0.5, 0.6) is 0 Å². The summed E-state index contributed by atoms with van der Waals surface area (Å²) in [5.41, 5.74) is 0.652. The van der Waals surface area contributed by atoms with Gasteiger partial charge in [0.25, 0.3) is 5.91 Å². The highest BCUT2D eigenvalue weighted by Gasteiger charge is 2.13. The molecule has 3 nitrogen and oxygen atoms in total. The van der Waals surface area contributed by atoms with Crippen molar-refractivity contribution in [3.63, 3.8) is 0 Å². The monoisotopic (exact) mass is 206 g/mol. The van der Waals surface area contributed by atoms with Crippen LogP contribution < -0.4 is 0 Å². The molecule has 81 valence electrons. The van der Waals surface area contributed by atoms with Crippen LogP contribution in [0.1, 0.15) is 23.7 Å². The van der Waals surface area contributed by atoms with Gasteiger partial charge in [-0.3, -0.25) is 4.79 Å². The third-order valence-electron chi connectivity index (χ3n) is 2.16. The van der Waals surface area contributed by atoms with Gasteiger partial charge in [-0.15, -0.1) is 0 Å². The molecule has 0 heterocycles. The Morgan fingerprint density at radius 3 is 2.40 bits per heavy atom. The lowest BCUT2D eigenvalue weighted by Gasteiger charge is -2.20. The molecule has 1 aromatic carbocycles.